The third kappa shape index (κ3) is 4.27. The largest absolute Gasteiger partial charge is 0.309 e. The first kappa shape index (κ1) is 30.0. The van der Waals surface area contributed by atoms with E-state index in [1.807, 2.05) is 0 Å². The number of aromatic nitrogens is 2. The van der Waals surface area contributed by atoms with Crippen molar-refractivity contribution in [1.29, 1.82) is 0 Å². The Morgan fingerprint density at radius 3 is 1.51 bits per heavy atom. The lowest BCUT2D eigenvalue weighted by Crippen LogP contribution is -2.14. The van der Waals surface area contributed by atoms with Gasteiger partial charge in [0, 0.05) is 38.1 Å². The molecular weight excluding hydrogens is 641 g/mol. The van der Waals surface area contributed by atoms with Crippen molar-refractivity contribution in [3.63, 3.8) is 0 Å². The molecule has 0 radical (unpaired) electrons. The van der Waals surface area contributed by atoms with Crippen LogP contribution in [0.2, 0.25) is 0 Å². The van der Waals surface area contributed by atoms with Gasteiger partial charge in [0.1, 0.15) is 0 Å². The summed E-state index contributed by atoms with van der Waals surface area (Å²) < 4.78 is 4.93. The van der Waals surface area contributed by atoms with Crippen molar-refractivity contribution in [2.24, 2.45) is 0 Å². The highest BCUT2D eigenvalue weighted by Crippen LogP contribution is 2.52. The smallest absolute Gasteiger partial charge is 0.0543 e. The molecule has 2 nitrogen and oxygen atoms in total. The Bertz CT molecular complexity index is 3080. The van der Waals surface area contributed by atoms with Gasteiger partial charge in [-0.05, 0) is 81.9 Å². The summed E-state index contributed by atoms with van der Waals surface area (Å²) in [5, 5.41) is 5.04. The number of benzene rings is 8. The van der Waals surface area contributed by atoms with E-state index >= 15 is 0 Å². The summed E-state index contributed by atoms with van der Waals surface area (Å²) in [4.78, 5) is 0. The Labute approximate surface area is 308 Å². The number of fused-ring (bicyclic) bond motifs is 9. The van der Waals surface area contributed by atoms with Crippen LogP contribution in [0.5, 0.6) is 0 Å². The molecular formula is C51H36N2. The average Bonchev–Trinajstić information content (AvgIpc) is 3.81. The minimum Gasteiger partial charge on any atom is -0.309 e. The molecule has 0 fully saturated rings. The van der Waals surface area contributed by atoms with Crippen LogP contribution in [0.15, 0.2) is 182 Å². The van der Waals surface area contributed by atoms with Gasteiger partial charge in [-0.3, -0.25) is 0 Å². The van der Waals surface area contributed by atoms with Crippen LogP contribution in [0.3, 0.4) is 0 Å². The number of nitrogens with zero attached hydrogens (tertiary/aromatic N) is 2. The molecule has 2 heterocycles. The summed E-state index contributed by atoms with van der Waals surface area (Å²) in [6.07, 6.45) is 0. The SMILES string of the molecule is CC1(C)c2ccccc2-c2c(-n3c4ccccc4c4cc(-c5ccc6c(c5)c5ccccc5n6-c5ccccc5-c5ccccc5)ccc43)cccc21. The fraction of sp³-hybridized carbons (Fsp3) is 0.0588. The minimum atomic E-state index is -0.0563. The normalized spacial score (nSPS) is 13.2. The fourth-order valence-corrected chi connectivity index (χ4v) is 9.28. The van der Waals surface area contributed by atoms with E-state index in [0.717, 1.165) is 0 Å². The third-order valence-corrected chi connectivity index (χ3v) is 11.7. The van der Waals surface area contributed by atoms with E-state index in [4.69, 9.17) is 0 Å². The molecule has 0 atom stereocenters. The van der Waals surface area contributed by atoms with Gasteiger partial charge in [0.15, 0.2) is 0 Å². The summed E-state index contributed by atoms with van der Waals surface area (Å²) in [7, 11) is 0. The summed E-state index contributed by atoms with van der Waals surface area (Å²) in [6, 6.07) is 67.0. The monoisotopic (exact) mass is 676 g/mol. The van der Waals surface area contributed by atoms with Crippen LogP contribution in [0.25, 0.3) is 88.4 Å². The molecule has 0 aliphatic heterocycles. The van der Waals surface area contributed by atoms with Crippen molar-refractivity contribution in [1.82, 2.24) is 9.13 Å². The van der Waals surface area contributed by atoms with Crippen LogP contribution >= 0.6 is 0 Å². The molecule has 0 spiro atoms. The van der Waals surface area contributed by atoms with E-state index in [1.165, 1.54) is 99.5 Å². The molecule has 0 amide bonds. The number of rotatable bonds is 4. The molecule has 0 unspecified atom stereocenters. The van der Waals surface area contributed by atoms with Crippen molar-refractivity contribution in [3.05, 3.63) is 193 Å². The maximum Gasteiger partial charge on any atom is 0.0543 e. The zero-order valence-electron chi connectivity index (χ0n) is 29.7. The molecule has 1 aliphatic rings. The predicted octanol–water partition coefficient (Wildman–Crippen LogP) is 13.5. The van der Waals surface area contributed by atoms with Gasteiger partial charge in [0.05, 0.1) is 33.4 Å². The first-order valence-electron chi connectivity index (χ1n) is 18.5. The lowest BCUT2D eigenvalue weighted by atomic mass is 9.82. The number of para-hydroxylation sites is 3. The van der Waals surface area contributed by atoms with Crippen LogP contribution in [-0.2, 0) is 5.41 Å². The molecule has 11 rings (SSSR count). The quantitative estimate of drug-likeness (QED) is 0.176. The zero-order valence-corrected chi connectivity index (χ0v) is 29.7. The van der Waals surface area contributed by atoms with Crippen molar-refractivity contribution < 1.29 is 0 Å². The highest BCUT2D eigenvalue weighted by molar-refractivity contribution is 6.13. The van der Waals surface area contributed by atoms with Crippen molar-refractivity contribution >= 4 is 43.6 Å². The van der Waals surface area contributed by atoms with Gasteiger partial charge in [0.2, 0.25) is 0 Å². The minimum absolute atomic E-state index is 0.0563. The molecule has 8 aromatic carbocycles. The standard InChI is InChI=1S/C51H36N2/c1-51(2)42-21-10-6-20-39(42)50-43(51)22-14-26-49(50)53-46-25-13-9-19-38(46)41-32-35(28-30-48(41)53)34-27-29-47-40(31-34)37-18-8-12-24-45(37)52(47)44-23-11-7-17-36(44)33-15-4-3-5-16-33/h3-32H,1-2H3. The predicted molar refractivity (Wildman–Crippen MR) is 224 cm³/mol. The molecule has 2 heteroatoms. The second-order valence-corrected chi connectivity index (χ2v) is 14.9. The van der Waals surface area contributed by atoms with Gasteiger partial charge in [-0.1, -0.05) is 147 Å². The summed E-state index contributed by atoms with van der Waals surface area (Å²) in [5.41, 5.74) is 17.6. The van der Waals surface area contributed by atoms with Gasteiger partial charge in [-0.15, -0.1) is 0 Å². The first-order chi connectivity index (χ1) is 26.1. The van der Waals surface area contributed by atoms with Gasteiger partial charge in [-0.2, -0.15) is 0 Å². The topological polar surface area (TPSA) is 9.86 Å². The van der Waals surface area contributed by atoms with Gasteiger partial charge < -0.3 is 9.13 Å². The van der Waals surface area contributed by atoms with E-state index < -0.39 is 0 Å². The third-order valence-electron chi connectivity index (χ3n) is 11.7. The van der Waals surface area contributed by atoms with Crippen LogP contribution < -0.4 is 0 Å². The lowest BCUT2D eigenvalue weighted by Gasteiger charge is -2.21. The molecule has 0 saturated carbocycles. The van der Waals surface area contributed by atoms with E-state index in [9.17, 15) is 0 Å². The summed E-state index contributed by atoms with van der Waals surface area (Å²) in [5.74, 6) is 0. The van der Waals surface area contributed by atoms with Crippen LogP contribution in [0.1, 0.15) is 25.0 Å². The highest BCUT2D eigenvalue weighted by atomic mass is 15.0. The Morgan fingerprint density at radius 2 is 0.830 bits per heavy atom. The molecule has 0 bridgehead atoms. The second kappa shape index (κ2) is 11.2. The number of hydrogen-bond acceptors (Lipinski definition) is 0. The van der Waals surface area contributed by atoms with Crippen molar-refractivity contribution in [2.45, 2.75) is 19.3 Å². The van der Waals surface area contributed by atoms with Crippen molar-refractivity contribution in [3.8, 4) is 44.8 Å². The second-order valence-electron chi connectivity index (χ2n) is 14.9. The van der Waals surface area contributed by atoms with E-state index in [1.54, 1.807) is 0 Å². The van der Waals surface area contributed by atoms with E-state index in [2.05, 4.69) is 205 Å². The Balaban J connectivity index is 1.11. The van der Waals surface area contributed by atoms with Gasteiger partial charge in [-0.25, -0.2) is 0 Å². The number of hydrogen-bond donors (Lipinski definition) is 0. The molecule has 0 saturated heterocycles. The maximum absolute atomic E-state index is 2.49. The Kier molecular flexibility index (Phi) is 6.33. The van der Waals surface area contributed by atoms with Gasteiger partial charge in [0.25, 0.3) is 0 Å². The molecule has 250 valence electrons. The Hall–Kier alpha value is -6.64. The van der Waals surface area contributed by atoms with Gasteiger partial charge >= 0.3 is 0 Å². The zero-order chi connectivity index (χ0) is 35.3. The molecule has 1 aliphatic carbocycles. The molecule has 2 aromatic heterocycles. The van der Waals surface area contributed by atoms with Crippen LogP contribution in [0.4, 0.5) is 0 Å². The Morgan fingerprint density at radius 1 is 0.340 bits per heavy atom. The lowest BCUT2D eigenvalue weighted by molar-refractivity contribution is 0.660. The molecule has 10 aromatic rings. The summed E-state index contributed by atoms with van der Waals surface area (Å²) >= 11 is 0. The molecule has 0 N–H and O–H groups in total. The van der Waals surface area contributed by atoms with Crippen LogP contribution in [0, 0.1) is 0 Å². The molecule has 53 heavy (non-hydrogen) atoms. The first-order valence-corrected chi connectivity index (χ1v) is 18.5. The van der Waals surface area contributed by atoms with E-state index in [-0.39, 0.29) is 5.41 Å². The fourth-order valence-electron chi connectivity index (χ4n) is 9.28. The highest BCUT2D eigenvalue weighted by Gasteiger charge is 2.37. The van der Waals surface area contributed by atoms with Crippen LogP contribution in [-0.4, -0.2) is 9.13 Å². The maximum atomic E-state index is 2.49. The van der Waals surface area contributed by atoms with E-state index in [0.29, 0.717) is 0 Å². The van der Waals surface area contributed by atoms with Crippen molar-refractivity contribution in [2.75, 3.05) is 0 Å². The summed E-state index contributed by atoms with van der Waals surface area (Å²) in [6.45, 7) is 4.71. The average molecular weight is 677 g/mol.